The maximum absolute atomic E-state index is 10.2. The zero-order valence-corrected chi connectivity index (χ0v) is 13.0. The van der Waals surface area contributed by atoms with E-state index in [-0.39, 0.29) is 12.1 Å². The van der Waals surface area contributed by atoms with Crippen LogP contribution in [0.25, 0.3) is 0 Å². The lowest BCUT2D eigenvalue weighted by Gasteiger charge is -2.42. The summed E-state index contributed by atoms with van der Waals surface area (Å²) < 4.78 is 16.4. The third-order valence-corrected chi connectivity index (χ3v) is 3.75. The average Bonchev–Trinajstić information content (AvgIpc) is 2.47. The van der Waals surface area contributed by atoms with E-state index in [0.29, 0.717) is 31.3 Å². The zero-order valence-electron chi connectivity index (χ0n) is 13.0. The van der Waals surface area contributed by atoms with Crippen LogP contribution in [0.15, 0.2) is 24.3 Å². The second-order valence-electron chi connectivity index (χ2n) is 5.93. The fourth-order valence-corrected chi connectivity index (χ4v) is 2.46. The van der Waals surface area contributed by atoms with Gasteiger partial charge in [0.25, 0.3) is 0 Å². The summed E-state index contributed by atoms with van der Waals surface area (Å²) in [6, 6.07) is 7.45. The molecule has 1 heterocycles. The number of aliphatic hydroxyl groups excluding tert-OH is 1. The Morgan fingerprint density at radius 1 is 1.33 bits per heavy atom. The Balaban J connectivity index is 1.85. The Hall–Kier alpha value is -1.30. The summed E-state index contributed by atoms with van der Waals surface area (Å²) in [7, 11) is 1.61. The van der Waals surface area contributed by atoms with Gasteiger partial charge in [-0.25, -0.2) is 0 Å². The number of methoxy groups -OCH3 is 1. The molecule has 5 heteroatoms. The summed E-state index contributed by atoms with van der Waals surface area (Å²) in [6.45, 7) is 7.30. The molecule has 0 saturated carbocycles. The molecule has 1 atom stereocenters. The number of rotatable bonds is 6. The van der Waals surface area contributed by atoms with Gasteiger partial charge < -0.3 is 19.3 Å². The lowest BCUT2D eigenvalue weighted by atomic mass is 10.0. The summed E-state index contributed by atoms with van der Waals surface area (Å²) in [6.07, 6.45) is -0.549. The van der Waals surface area contributed by atoms with Gasteiger partial charge in [-0.15, -0.1) is 0 Å². The van der Waals surface area contributed by atoms with Crippen molar-refractivity contribution in [2.45, 2.75) is 25.5 Å². The number of benzene rings is 1. The molecular weight excluding hydrogens is 270 g/mol. The van der Waals surface area contributed by atoms with Gasteiger partial charge in [0.05, 0.1) is 20.3 Å². The number of nitrogens with zero attached hydrogens (tertiary/aromatic N) is 1. The Bertz CT molecular complexity index is 450. The van der Waals surface area contributed by atoms with Gasteiger partial charge in [0.15, 0.2) is 11.5 Å². The van der Waals surface area contributed by atoms with Crippen molar-refractivity contribution in [2.75, 3.05) is 40.0 Å². The summed E-state index contributed by atoms with van der Waals surface area (Å²) in [5.74, 6) is 1.33. The van der Waals surface area contributed by atoms with E-state index in [2.05, 4.69) is 18.7 Å². The minimum absolute atomic E-state index is 0.0519. The zero-order chi connectivity index (χ0) is 15.3. The van der Waals surface area contributed by atoms with E-state index < -0.39 is 6.10 Å². The molecule has 0 aliphatic carbocycles. The molecule has 21 heavy (non-hydrogen) atoms. The number of β-amino-alcohol motifs (C(OH)–C–C–N with tert-alkyl or cyclic N) is 1. The topological polar surface area (TPSA) is 51.2 Å². The molecule has 1 aliphatic rings. The quantitative estimate of drug-likeness (QED) is 0.863. The smallest absolute Gasteiger partial charge is 0.161 e. The largest absolute Gasteiger partial charge is 0.493 e. The molecule has 1 fully saturated rings. The molecule has 1 aromatic rings. The predicted molar refractivity (Wildman–Crippen MR) is 81.0 cm³/mol. The summed E-state index contributed by atoms with van der Waals surface area (Å²) in [5.41, 5.74) is -0.0519. The lowest BCUT2D eigenvalue weighted by molar-refractivity contribution is -0.0703. The van der Waals surface area contributed by atoms with Crippen molar-refractivity contribution in [3.63, 3.8) is 0 Å². The van der Waals surface area contributed by atoms with E-state index in [1.807, 2.05) is 24.3 Å². The Kier molecular flexibility index (Phi) is 5.45. The highest BCUT2D eigenvalue weighted by molar-refractivity contribution is 5.39. The van der Waals surface area contributed by atoms with Gasteiger partial charge in [-0.1, -0.05) is 12.1 Å². The van der Waals surface area contributed by atoms with Crippen LogP contribution in [0.4, 0.5) is 0 Å². The minimum Gasteiger partial charge on any atom is -0.493 e. The Morgan fingerprint density at radius 3 is 2.71 bits per heavy atom. The first-order valence-corrected chi connectivity index (χ1v) is 7.29. The van der Waals surface area contributed by atoms with Gasteiger partial charge in [-0.2, -0.15) is 0 Å². The average molecular weight is 295 g/mol. The number of hydrogen-bond donors (Lipinski definition) is 1. The standard InChI is InChI=1S/C16H25NO4/c1-16(2)12-20-9-8-17(16)10-13(18)11-21-15-7-5-4-6-14(15)19-3/h4-7,13,18H,8-12H2,1-3H3. The van der Waals surface area contributed by atoms with Gasteiger partial charge in [0, 0.05) is 18.6 Å². The monoisotopic (exact) mass is 295 g/mol. The van der Waals surface area contributed by atoms with E-state index in [1.165, 1.54) is 0 Å². The molecule has 0 bridgehead atoms. The van der Waals surface area contributed by atoms with Crippen molar-refractivity contribution < 1.29 is 19.3 Å². The third-order valence-electron chi connectivity index (χ3n) is 3.75. The van der Waals surface area contributed by atoms with Crippen LogP contribution in [0.5, 0.6) is 11.5 Å². The van der Waals surface area contributed by atoms with E-state index in [1.54, 1.807) is 7.11 Å². The van der Waals surface area contributed by atoms with E-state index in [4.69, 9.17) is 14.2 Å². The predicted octanol–water partition coefficient (Wildman–Crippen LogP) is 1.55. The molecule has 1 aliphatic heterocycles. The lowest BCUT2D eigenvalue weighted by Crippen LogP contribution is -2.55. The van der Waals surface area contributed by atoms with Gasteiger partial charge in [0.2, 0.25) is 0 Å². The van der Waals surface area contributed by atoms with Crippen molar-refractivity contribution in [2.24, 2.45) is 0 Å². The van der Waals surface area contributed by atoms with E-state index >= 15 is 0 Å². The molecule has 1 saturated heterocycles. The first-order valence-electron chi connectivity index (χ1n) is 7.29. The highest BCUT2D eigenvalue weighted by Crippen LogP contribution is 2.26. The summed E-state index contributed by atoms with van der Waals surface area (Å²) >= 11 is 0. The maximum atomic E-state index is 10.2. The summed E-state index contributed by atoms with van der Waals surface area (Å²) in [5, 5.41) is 10.2. The normalized spacial score (nSPS) is 20.0. The van der Waals surface area contributed by atoms with Crippen LogP contribution in [-0.2, 0) is 4.74 Å². The van der Waals surface area contributed by atoms with Crippen LogP contribution in [0.3, 0.4) is 0 Å². The number of aliphatic hydroxyl groups is 1. The molecule has 118 valence electrons. The number of hydrogen-bond acceptors (Lipinski definition) is 5. The second-order valence-corrected chi connectivity index (χ2v) is 5.93. The summed E-state index contributed by atoms with van der Waals surface area (Å²) in [4.78, 5) is 2.24. The van der Waals surface area contributed by atoms with Gasteiger partial charge >= 0.3 is 0 Å². The first-order chi connectivity index (χ1) is 10.0. The minimum atomic E-state index is -0.549. The van der Waals surface area contributed by atoms with Crippen LogP contribution >= 0.6 is 0 Å². The van der Waals surface area contributed by atoms with Crippen LogP contribution in [0, 0.1) is 0 Å². The molecule has 0 aromatic heterocycles. The molecule has 1 unspecified atom stereocenters. The van der Waals surface area contributed by atoms with Crippen molar-refractivity contribution >= 4 is 0 Å². The van der Waals surface area contributed by atoms with Gasteiger partial charge in [0.1, 0.15) is 12.7 Å². The number of para-hydroxylation sites is 2. The molecular formula is C16H25NO4. The molecule has 2 rings (SSSR count). The molecule has 0 spiro atoms. The number of ether oxygens (including phenoxy) is 3. The first kappa shape index (κ1) is 16.1. The maximum Gasteiger partial charge on any atom is 0.161 e. The van der Waals surface area contributed by atoms with Gasteiger partial charge in [-0.3, -0.25) is 4.90 Å². The van der Waals surface area contributed by atoms with Crippen molar-refractivity contribution in [1.82, 2.24) is 4.90 Å². The Labute approximate surface area is 126 Å². The fourth-order valence-electron chi connectivity index (χ4n) is 2.46. The SMILES string of the molecule is COc1ccccc1OCC(O)CN1CCOCC1(C)C. The highest BCUT2D eigenvalue weighted by Gasteiger charge is 2.31. The molecule has 0 radical (unpaired) electrons. The van der Waals surface area contributed by atoms with Crippen molar-refractivity contribution in [3.8, 4) is 11.5 Å². The second kappa shape index (κ2) is 7.11. The fraction of sp³-hybridized carbons (Fsp3) is 0.625. The molecule has 5 nitrogen and oxygen atoms in total. The van der Waals surface area contributed by atoms with E-state index in [0.717, 1.165) is 6.54 Å². The van der Waals surface area contributed by atoms with Crippen LogP contribution < -0.4 is 9.47 Å². The van der Waals surface area contributed by atoms with Gasteiger partial charge in [-0.05, 0) is 26.0 Å². The molecule has 1 N–H and O–H groups in total. The third kappa shape index (κ3) is 4.33. The van der Waals surface area contributed by atoms with Crippen LogP contribution in [0.1, 0.15) is 13.8 Å². The molecule has 0 amide bonds. The highest BCUT2D eigenvalue weighted by atomic mass is 16.5. The van der Waals surface area contributed by atoms with Crippen molar-refractivity contribution in [1.29, 1.82) is 0 Å². The van der Waals surface area contributed by atoms with Crippen molar-refractivity contribution in [3.05, 3.63) is 24.3 Å². The Morgan fingerprint density at radius 2 is 2.05 bits per heavy atom. The van der Waals surface area contributed by atoms with Crippen LogP contribution in [0.2, 0.25) is 0 Å². The van der Waals surface area contributed by atoms with Crippen LogP contribution in [-0.4, -0.2) is 61.7 Å². The molecule has 1 aromatic carbocycles. The van der Waals surface area contributed by atoms with E-state index in [9.17, 15) is 5.11 Å². The number of morpholine rings is 1.